The Bertz CT molecular complexity index is 1210. The summed E-state index contributed by atoms with van der Waals surface area (Å²) in [4.78, 5) is 40.7. The molecule has 1 aromatic heterocycles. The Morgan fingerprint density at radius 2 is 1.74 bits per heavy atom. The van der Waals surface area contributed by atoms with Crippen LogP contribution in [-0.4, -0.2) is 39.1 Å². The first-order valence-electron chi connectivity index (χ1n) is 10.9. The minimum absolute atomic E-state index is 0.340. The summed E-state index contributed by atoms with van der Waals surface area (Å²) in [7, 11) is 4.19. The smallest absolute Gasteiger partial charge is 0.336 e. The average Bonchev–Trinajstić information content (AvgIpc) is 3.27. The summed E-state index contributed by atoms with van der Waals surface area (Å²) >= 11 is 1.48. The highest BCUT2D eigenvalue weighted by Gasteiger charge is 2.49. The highest BCUT2D eigenvalue weighted by Crippen LogP contribution is 2.49. The summed E-state index contributed by atoms with van der Waals surface area (Å²) in [6.45, 7) is 3.76. The number of benzene rings is 1. The van der Waals surface area contributed by atoms with Gasteiger partial charge in [-0.1, -0.05) is 12.1 Å². The number of carbonyl (C=O) groups is 3. The van der Waals surface area contributed by atoms with Crippen LogP contribution in [0.5, 0.6) is 5.75 Å². The maximum atomic E-state index is 14.1. The zero-order valence-corrected chi connectivity index (χ0v) is 20.6. The third kappa shape index (κ3) is 3.92. The predicted molar refractivity (Wildman–Crippen MR) is 128 cm³/mol. The Kier molecular flexibility index (Phi) is 6.61. The van der Waals surface area contributed by atoms with Gasteiger partial charge in [0.15, 0.2) is 5.78 Å². The number of hydrogen-bond donors (Lipinski definition) is 1. The van der Waals surface area contributed by atoms with Gasteiger partial charge in [0, 0.05) is 27.8 Å². The lowest BCUT2D eigenvalue weighted by molar-refractivity contribution is -0.150. The van der Waals surface area contributed by atoms with E-state index in [1.165, 1.54) is 25.6 Å². The topological polar surface area (TPSA) is 90.9 Å². The second-order valence-electron chi connectivity index (χ2n) is 8.40. The van der Waals surface area contributed by atoms with Crippen LogP contribution in [0.15, 0.2) is 58.3 Å². The van der Waals surface area contributed by atoms with Crippen LogP contribution >= 0.6 is 11.3 Å². The molecule has 1 aliphatic carbocycles. The van der Waals surface area contributed by atoms with E-state index >= 15 is 0 Å². The molecule has 34 heavy (non-hydrogen) atoms. The molecule has 4 rings (SSSR count). The number of rotatable bonds is 5. The normalized spacial score (nSPS) is 22.1. The Labute approximate surface area is 202 Å². The predicted octanol–water partition coefficient (Wildman–Crippen LogP) is 4.00. The molecule has 2 aromatic rings. The quantitative estimate of drug-likeness (QED) is 0.510. The zero-order chi connectivity index (χ0) is 24.6. The number of esters is 2. The summed E-state index contributed by atoms with van der Waals surface area (Å²) in [6, 6.07) is 9.31. The van der Waals surface area contributed by atoms with Crippen molar-refractivity contribution < 1.29 is 28.6 Å². The molecule has 0 bridgehead atoms. The van der Waals surface area contributed by atoms with E-state index in [0.29, 0.717) is 34.7 Å². The Morgan fingerprint density at radius 1 is 1.03 bits per heavy atom. The maximum absolute atomic E-state index is 14.1. The lowest BCUT2D eigenvalue weighted by atomic mass is 9.68. The van der Waals surface area contributed by atoms with E-state index in [2.05, 4.69) is 5.32 Å². The van der Waals surface area contributed by atoms with Crippen molar-refractivity contribution in [1.29, 1.82) is 0 Å². The molecular formula is C26H27NO6S. The zero-order valence-electron chi connectivity index (χ0n) is 19.8. The minimum Gasteiger partial charge on any atom is -0.497 e. The third-order valence-electron chi connectivity index (χ3n) is 6.59. The molecule has 2 aliphatic rings. The van der Waals surface area contributed by atoms with Crippen molar-refractivity contribution >= 4 is 29.1 Å². The van der Waals surface area contributed by atoms with Gasteiger partial charge in [-0.15, -0.1) is 11.3 Å². The number of Topliss-reactive ketones (excluding diaryl/α,β-unsaturated/α-hetero) is 1. The van der Waals surface area contributed by atoms with Crippen LogP contribution in [0.2, 0.25) is 0 Å². The number of nitrogens with one attached hydrogen (secondary N) is 1. The van der Waals surface area contributed by atoms with Gasteiger partial charge in [-0.25, -0.2) is 4.79 Å². The standard InChI is InChI=1S/C26H27NO6S/c1-13-10-11-34-24(13)22-19(25(29)32-4)14(2)27-18-12-17(15-6-8-16(31-3)9-7-15)20(26(30)33-5)23(28)21(18)22/h6-11,17,20,22,27H,12H2,1-5H3. The molecule has 1 aliphatic heterocycles. The fraction of sp³-hybridized carbons (Fsp3) is 0.346. The third-order valence-corrected chi connectivity index (χ3v) is 7.67. The lowest BCUT2D eigenvalue weighted by Gasteiger charge is -2.39. The number of allylic oxidation sites excluding steroid dienone is 3. The van der Waals surface area contributed by atoms with Crippen LogP contribution < -0.4 is 10.1 Å². The van der Waals surface area contributed by atoms with Crippen molar-refractivity contribution in [3.8, 4) is 5.75 Å². The van der Waals surface area contributed by atoms with Crippen molar-refractivity contribution in [3.05, 3.63) is 74.3 Å². The SMILES string of the molecule is COC(=O)C1=C(C)NC2=C(C(=O)C(C(=O)OC)C(c3ccc(OC)cc3)C2)C1c1sccc1C. The molecule has 0 radical (unpaired) electrons. The number of methoxy groups -OCH3 is 3. The van der Waals surface area contributed by atoms with Crippen LogP contribution in [0.4, 0.5) is 0 Å². The van der Waals surface area contributed by atoms with Gasteiger partial charge in [-0.05, 0) is 55.0 Å². The first kappa shape index (κ1) is 23.8. The van der Waals surface area contributed by atoms with Crippen molar-refractivity contribution in [2.45, 2.75) is 32.1 Å². The fourth-order valence-corrected chi connectivity index (χ4v) is 5.96. The number of dihydropyridines is 1. The number of ketones is 1. The van der Waals surface area contributed by atoms with E-state index in [1.807, 2.05) is 49.6 Å². The lowest BCUT2D eigenvalue weighted by Crippen LogP contribution is -2.43. The van der Waals surface area contributed by atoms with Crippen LogP contribution in [0.3, 0.4) is 0 Å². The van der Waals surface area contributed by atoms with Crippen molar-refractivity contribution in [2.75, 3.05) is 21.3 Å². The van der Waals surface area contributed by atoms with E-state index in [4.69, 9.17) is 14.2 Å². The van der Waals surface area contributed by atoms with Crippen LogP contribution in [0.1, 0.15) is 41.2 Å². The van der Waals surface area contributed by atoms with Crippen molar-refractivity contribution in [3.63, 3.8) is 0 Å². The second kappa shape index (κ2) is 9.46. The number of hydrogen-bond acceptors (Lipinski definition) is 8. The van der Waals surface area contributed by atoms with Gasteiger partial charge in [0.25, 0.3) is 0 Å². The minimum atomic E-state index is -1.03. The number of aryl methyl sites for hydroxylation is 1. The van der Waals surface area contributed by atoms with E-state index in [1.54, 1.807) is 7.11 Å². The maximum Gasteiger partial charge on any atom is 0.336 e. The fourth-order valence-electron chi connectivity index (χ4n) is 4.92. The molecule has 0 fully saturated rings. The average molecular weight is 482 g/mol. The summed E-state index contributed by atoms with van der Waals surface area (Å²) < 4.78 is 15.4. The summed E-state index contributed by atoms with van der Waals surface area (Å²) in [5, 5.41) is 5.22. The number of thiophene rings is 1. The molecule has 1 N–H and O–H groups in total. The molecule has 8 heteroatoms. The van der Waals surface area contributed by atoms with Gasteiger partial charge < -0.3 is 19.5 Å². The Hall–Kier alpha value is -3.39. The van der Waals surface area contributed by atoms with Gasteiger partial charge in [0.05, 0.1) is 32.8 Å². The molecule has 0 amide bonds. The van der Waals surface area contributed by atoms with E-state index < -0.39 is 29.7 Å². The molecule has 178 valence electrons. The second-order valence-corrected chi connectivity index (χ2v) is 9.34. The van der Waals surface area contributed by atoms with Crippen LogP contribution in [0, 0.1) is 12.8 Å². The van der Waals surface area contributed by atoms with Gasteiger partial charge in [0.2, 0.25) is 0 Å². The highest BCUT2D eigenvalue weighted by molar-refractivity contribution is 7.10. The Morgan fingerprint density at radius 3 is 2.29 bits per heavy atom. The molecule has 3 atom stereocenters. The Balaban J connectivity index is 1.89. The molecule has 1 aromatic carbocycles. The molecule has 2 heterocycles. The number of carbonyl (C=O) groups excluding carboxylic acids is 3. The van der Waals surface area contributed by atoms with Gasteiger partial charge >= 0.3 is 11.9 Å². The molecule has 3 unspecified atom stereocenters. The largest absolute Gasteiger partial charge is 0.497 e. The summed E-state index contributed by atoms with van der Waals surface area (Å²) in [5.41, 5.74) is 3.97. The molecule has 0 saturated heterocycles. The van der Waals surface area contributed by atoms with Crippen LogP contribution in [-0.2, 0) is 23.9 Å². The molecule has 7 nitrogen and oxygen atoms in total. The van der Waals surface area contributed by atoms with E-state index in [-0.39, 0.29) is 5.78 Å². The van der Waals surface area contributed by atoms with Crippen molar-refractivity contribution in [1.82, 2.24) is 5.32 Å². The van der Waals surface area contributed by atoms with E-state index in [9.17, 15) is 14.4 Å². The van der Waals surface area contributed by atoms with Gasteiger partial charge in [0.1, 0.15) is 11.7 Å². The monoisotopic (exact) mass is 481 g/mol. The van der Waals surface area contributed by atoms with Crippen LogP contribution in [0.25, 0.3) is 0 Å². The summed E-state index contributed by atoms with van der Waals surface area (Å²) in [6.07, 6.45) is 0.417. The van der Waals surface area contributed by atoms with Crippen molar-refractivity contribution in [2.24, 2.45) is 5.92 Å². The molecule has 0 saturated carbocycles. The number of ether oxygens (including phenoxy) is 3. The first-order chi connectivity index (χ1) is 16.3. The first-order valence-corrected chi connectivity index (χ1v) is 11.8. The van der Waals surface area contributed by atoms with Gasteiger partial charge in [-0.3, -0.25) is 9.59 Å². The summed E-state index contributed by atoms with van der Waals surface area (Å²) in [5.74, 6) is -2.81. The van der Waals surface area contributed by atoms with Gasteiger partial charge in [-0.2, -0.15) is 0 Å². The highest BCUT2D eigenvalue weighted by atomic mass is 32.1. The molecular weight excluding hydrogens is 454 g/mol. The van der Waals surface area contributed by atoms with E-state index in [0.717, 1.165) is 16.0 Å². The molecule has 0 spiro atoms.